The van der Waals surface area contributed by atoms with Crippen molar-refractivity contribution in [2.75, 3.05) is 14.7 Å². The molecule has 384 valence electrons. The van der Waals surface area contributed by atoms with Gasteiger partial charge < -0.3 is 29.2 Å². The Labute approximate surface area is 472 Å². The Morgan fingerprint density at radius 3 is 0.840 bits per heavy atom. The van der Waals surface area contributed by atoms with Gasteiger partial charge in [-0.3, -0.25) is 14.4 Å². The van der Waals surface area contributed by atoms with E-state index < -0.39 is 35.6 Å². The Balaban J connectivity index is 0.000000164. The van der Waals surface area contributed by atoms with Gasteiger partial charge in [-0.2, -0.15) is 0 Å². The van der Waals surface area contributed by atoms with Gasteiger partial charge >= 0.3 is 17.9 Å². The Hall–Kier alpha value is -6.24. The van der Waals surface area contributed by atoms with Crippen molar-refractivity contribution in [2.24, 2.45) is 15.5 Å². The summed E-state index contributed by atoms with van der Waals surface area (Å²) in [5.41, 5.74) is 5.28. The minimum atomic E-state index is -0.625. The van der Waals surface area contributed by atoms with Gasteiger partial charge in [0.1, 0.15) is 0 Å². The van der Waals surface area contributed by atoms with Crippen molar-refractivity contribution in [2.45, 2.75) is 40.4 Å². The number of carbonyl (C=O) groups is 6. The van der Waals surface area contributed by atoms with Gasteiger partial charge in [0.2, 0.25) is 0 Å². The van der Waals surface area contributed by atoms with Crippen LogP contribution in [0.1, 0.15) is 54.2 Å². The zero-order valence-corrected chi connectivity index (χ0v) is 45.6. The number of rotatable bonds is 9. The SMILES string of the molecule is CC(=O)O/N=C1/C(=O)N(Cc2cc(Cl)ccc2Cl)c2ccc(Cl)cc21.CC(=O)O/N=C1/C(=O)N(Cc2cc(Cl)ccc2Cl)c2ccc(Cl)cc21.CC(=O)O/N=C1/C(=O)N(Cc2cc(Cl)ccc2Cl)c2ccc(Cl)cc21. The van der Waals surface area contributed by atoms with E-state index in [0.29, 0.717) is 95.6 Å². The standard InChI is InChI=1S/3C17H11Cl3N2O3/c3*1-9(23)25-21-16-13-7-12(19)3-5-15(13)22(17(16)24)8-10-6-11(18)2-4-14(10)20/h3*2-7H,8H2,1H3/b3*21-16+. The van der Waals surface area contributed by atoms with E-state index in [1.54, 1.807) is 109 Å². The molecule has 0 aromatic heterocycles. The molecule has 3 heterocycles. The molecule has 0 bridgehead atoms. The highest BCUT2D eigenvalue weighted by molar-refractivity contribution is 6.56. The van der Waals surface area contributed by atoms with E-state index in [4.69, 9.17) is 104 Å². The third kappa shape index (κ3) is 13.6. The summed E-state index contributed by atoms with van der Waals surface area (Å²) < 4.78 is 0. The van der Waals surface area contributed by atoms with Crippen molar-refractivity contribution in [3.63, 3.8) is 0 Å². The third-order valence-electron chi connectivity index (χ3n) is 10.7. The summed E-state index contributed by atoms with van der Waals surface area (Å²) >= 11 is 54.7. The Morgan fingerprint density at radius 1 is 0.373 bits per heavy atom. The molecule has 0 unspecified atom stereocenters. The fourth-order valence-electron chi connectivity index (χ4n) is 7.43. The lowest BCUT2D eigenvalue weighted by Crippen LogP contribution is -2.30. The number of amides is 3. The van der Waals surface area contributed by atoms with E-state index in [1.807, 2.05) is 0 Å². The molecule has 3 aliphatic rings. The number of hydrogen-bond acceptors (Lipinski definition) is 12. The van der Waals surface area contributed by atoms with Crippen LogP contribution in [0.25, 0.3) is 0 Å². The molecule has 75 heavy (non-hydrogen) atoms. The fourth-order valence-corrected chi connectivity index (χ4v) is 9.06. The predicted octanol–water partition coefficient (Wildman–Crippen LogP) is 13.4. The van der Waals surface area contributed by atoms with Crippen molar-refractivity contribution in [3.8, 4) is 0 Å². The van der Waals surface area contributed by atoms with Crippen LogP contribution in [0.3, 0.4) is 0 Å². The van der Waals surface area contributed by atoms with E-state index in [9.17, 15) is 28.8 Å². The van der Waals surface area contributed by atoms with Gasteiger partial charge in [0.15, 0.2) is 17.1 Å². The van der Waals surface area contributed by atoms with Crippen LogP contribution >= 0.6 is 104 Å². The first kappa shape index (κ1) is 56.5. The molecule has 0 saturated carbocycles. The molecular formula is C51H33Cl9N6O9. The van der Waals surface area contributed by atoms with Crippen LogP contribution in [-0.4, -0.2) is 52.8 Å². The summed E-state index contributed by atoms with van der Waals surface area (Å²) in [6.07, 6.45) is 0. The van der Waals surface area contributed by atoms with Gasteiger partial charge in [-0.05, 0) is 126 Å². The largest absolute Gasteiger partial charge is 0.332 e. The lowest BCUT2D eigenvalue weighted by molar-refractivity contribution is -0.141. The molecular weight excluding hydrogens is 1160 g/mol. The number of benzene rings is 6. The maximum atomic E-state index is 12.8. The fraction of sp³-hybridized carbons (Fsp3) is 0.118. The second-order valence-corrected chi connectivity index (χ2v) is 19.8. The first-order chi connectivity index (χ1) is 35.6. The minimum Gasteiger partial charge on any atom is -0.318 e. The third-order valence-corrected chi connectivity index (χ3v) is 13.2. The second kappa shape index (κ2) is 24.6. The van der Waals surface area contributed by atoms with E-state index in [-0.39, 0.29) is 36.8 Å². The molecule has 3 amide bonds. The van der Waals surface area contributed by atoms with Crippen LogP contribution in [0, 0.1) is 0 Å². The topological polar surface area (TPSA) is 177 Å². The summed E-state index contributed by atoms with van der Waals surface area (Å²) in [7, 11) is 0. The van der Waals surface area contributed by atoms with E-state index in [0.717, 1.165) is 0 Å². The number of nitrogens with zero attached hydrogens (tertiary/aromatic N) is 6. The average Bonchev–Trinajstić information content (AvgIpc) is 3.87. The van der Waals surface area contributed by atoms with Crippen molar-refractivity contribution < 1.29 is 43.3 Å². The van der Waals surface area contributed by atoms with Crippen LogP contribution in [0.15, 0.2) is 125 Å². The van der Waals surface area contributed by atoms with Crippen LogP contribution in [0.4, 0.5) is 17.1 Å². The number of hydrogen-bond donors (Lipinski definition) is 0. The van der Waals surface area contributed by atoms with Gasteiger partial charge in [0.05, 0.1) is 36.7 Å². The van der Waals surface area contributed by atoms with Crippen molar-refractivity contribution in [1.82, 2.24) is 0 Å². The Kier molecular flexibility index (Phi) is 18.5. The molecule has 0 atom stereocenters. The summed E-state index contributed by atoms with van der Waals surface area (Å²) in [5, 5.41) is 15.3. The van der Waals surface area contributed by atoms with Crippen molar-refractivity contribution in [1.29, 1.82) is 0 Å². The summed E-state index contributed by atoms with van der Waals surface area (Å²) in [6.45, 7) is 4.16. The van der Waals surface area contributed by atoms with Crippen LogP contribution in [0.5, 0.6) is 0 Å². The zero-order chi connectivity index (χ0) is 54.4. The average molecular weight is 1190 g/mol. The maximum Gasteiger partial charge on any atom is 0.332 e. The van der Waals surface area contributed by atoms with Crippen molar-refractivity contribution >= 4 is 174 Å². The maximum absolute atomic E-state index is 12.8. The van der Waals surface area contributed by atoms with Gasteiger partial charge in [-0.1, -0.05) is 120 Å². The van der Waals surface area contributed by atoms with Crippen molar-refractivity contribution in [3.05, 3.63) is 188 Å². The number of fused-ring (bicyclic) bond motifs is 3. The van der Waals surface area contributed by atoms with Crippen LogP contribution < -0.4 is 14.7 Å². The van der Waals surface area contributed by atoms with E-state index in [2.05, 4.69) is 30.0 Å². The monoisotopic (exact) mass is 1190 g/mol. The highest BCUT2D eigenvalue weighted by Gasteiger charge is 2.38. The summed E-state index contributed by atoms with van der Waals surface area (Å²) in [6, 6.07) is 29.9. The highest BCUT2D eigenvalue weighted by Crippen LogP contribution is 2.38. The predicted molar refractivity (Wildman–Crippen MR) is 292 cm³/mol. The van der Waals surface area contributed by atoms with E-state index in [1.165, 1.54) is 35.5 Å². The van der Waals surface area contributed by atoms with Gasteiger partial charge in [-0.15, -0.1) is 0 Å². The number of oxime groups is 3. The van der Waals surface area contributed by atoms with Gasteiger partial charge in [0, 0.05) is 82.7 Å². The van der Waals surface area contributed by atoms with Gasteiger partial charge in [0.25, 0.3) is 17.7 Å². The molecule has 3 aliphatic heterocycles. The first-order valence-corrected chi connectivity index (χ1v) is 24.9. The summed E-state index contributed by atoms with van der Waals surface area (Å²) in [5.74, 6) is -3.14. The Bertz CT molecular complexity index is 3090. The molecule has 0 N–H and O–H groups in total. The molecule has 0 aliphatic carbocycles. The highest BCUT2D eigenvalue weighted by atomic mass is 35.5. The summed E-state index contributed by atoms with van der Waals surface area (Å²) in [4.78, 5) is 89.8. The quantitative estimate of drug-likeness (QED) is 0.101. The molecule has 6 aromatic carbocycles. The molecule has 0 spiro atoms. The second-order valence-electron chi connectivity index (χ2n) is 15.9. The molecule has 9 rings (SSSR count). The lowest BCUT2D eigenvalue weighted by atomic mass is 10.1. The van der Waals surface area contributed by atoms with Gasteiger partial charge in [-0.25, -0.2) is 14.4 Å². The normalized spacial score (nSPS) is 14.8. The number of anilines is 3. The molecule has 15 nitrogen and oxygen atoms in total. The lowest BCUT2D eigenvalue weighted by Gasteiger charge is -2.18. The molecule has 24 heteroatoms. The molecule has 0 fully saturated rings. The van der Waals surface area contributed by atoms with Crippen LogP contribution in [0.2, 0.25) is 45.2 Å². The minimum absolute atomic E-state index is 0.00542. The molecule has 0 saturated heterocycles. The molecule has 6 aromatic rings. The zero-order valence-electron chi connectivity index (χ0n) is 38.8. The van der Waals surface area contributed by atoms with E-state index >= 15 is 0 Å². The number of halogens is 9. The number of carbonyl (C=O) groups excluding carboxylic acids is 6. The Morgan fingerprint density at radius 2 is 0.600 bits per heavy atom. The smallest absolute Gasteiger partial charge is 0.318 e. The molecule has 0 radical (unpaired) electrons. The van der Waals surface area contributed by atoms with Crippen LogP contribution in [-0.2, 0) is 62.9 Å². The first-order valence-electron chi connectivity index (χ1n) is 21.5.